The van der Waals surface area contributed by atoms with Crippen molar-refractivity contribution in [3.63, 3.8) is 0 Å². The van der Waals surface area contributed by atoms with Crippen LogP contribution in [0, 0.1) is 23.7 Å². The van der Waals surface area contributed by atoms with Crippen LogP contribution < -0.4 is 10.6 Å². The van der Waals surface area contributed by atoms with Gasteiger partial charge in [0.25, 0.3) is 0 Å². The molecule has 58 heavy (non-hydrogen) atoms. The molecule has 9 N–H and O–H groups in total. The number of allylic oxidation sites excluding steroid dienone is 2. The van der Waals surface area contributed by atoms with Crippen LogP contribution in [0.4, 0.5) is 0 Å². The van der Waals surface area contributed by atoms with Crippen molar-refractivity contribution in [2.45, 2.75) is 159 Å². The van der Waals surface area contributed by atoms with E-state index in [0.29, 0.717) is 44.9 Å². The number of aromatic hydroxyl groups is 1. The summed E-state index contributed by atoms with van der Waals surface area (Å²) in [5.74, 6) is 5.63. The van der Waals surface area contributed by atoms with Gasteiger partial charge in [0.2, 0.25) is 0 Å². The summed E-state index contributed by atoms with van der Waals surface area (Å²) in [5, 5.41) is 82.5. The summed E-state index contributed by atoms with van der Waals surface area (Å²) >= 11 is 0. The number of rotatable bonds is 19. The molecule has 320 valence electrons. The van der Waals surface area contributed by atoms with Gasteiger partial charge >= 0.3 is 5.97 Å². The van der Waals surface area contributed by atoms with Crippen molar-refractivity contribution in [1.29, 1.82) is 0 Å². The molecule has 2 aromatic carbocycles. The molecule has 0 spiro atoms. The van der Waals surface area contributed by atoms with E-state index < -0.39 is 42.5 Å². The Morgan fingerprint density at radius 3 is 2.47 bits per heavy atom. The highest BCUT2D eigenvalue weighted by Crippen LogP contribution is 2.33. The highest BCUT2D eigenvalue weighted by molar-refractivity contribution is 5.67. The fourth-order valence-corrected chi connectivity index (χ4v) is 8.84. The minimum absolute atomic E-state index is 0.0387. The highest BCUT2D eigenvalue weighted by Gasteiger charge is 2.37. The van der Waals surface area contributed by atoms with Gasteiger partial charge in [-0.15, -0.1) is 0 Å². The maximum atomic E-state index is 12.4. The first-order valence-corrected chi connectivity index (χ1v) is 21.6. The maximum absolute atomic E-state index is 12.4. The second-order valence-electron chi connectivity index (χ2n) is 17.0. The van der Waals surface area contributed by atoms with Gasteiger partial charge in [0.15, 0.2) is 0 Å². The summed E-state index contributed by atoms with van der Waals surface area (Å²) in [4.78, 5) is 12.1. The number of carboxylic acid groups (broad SMARTS) is 1. The fraction of sp³-hybridized carbons (Fsp3) is 0.604. The number of carbonyl (C=O) groups is 1. The van der Waals surface area contributed by atoms with Crippen molar-refractivity contribution in [3.05, 3.63) is 88.5 Å². The van der Waals surface area contributed by atoms with Crippen molar-refractivity contribution in [3.8, 4) is 17.6 Å². The number of unbranched alkanes of at least 4 members (excludes halogenated alkanes) is 2. The van der Waals surface area contributed by atoms with Gasteiger partial charge in [-0.3, -0.25) is 4.79 Å². The molecule has 0 radical (unpaired) electrons. The number of hydrogen-bond acceptors (Lipinski definition) is 9. The molecule has 0 unspecified atom stereocenters. The lowest BCUT2D eigenvalue weighted by atomic mass is 9.79. The van der Waals surface area contributed by atoms with Crippen molar-refractivity contribution >= 4 is 5.97 Å². The van der Waals surface area contributed by atoms with Crippen molar-refractivity contribution in [1.82, 2.24) is 10.6 Å². The number of hydrogen-bond donors (Lipinski definition) is 9. The van der Waals surface area contributed by atoms with Gasteiger partial charge in [-0.1, -0.05) is 86.9 Å². The van der Waals surface area contributed by atoms with Crippen LogP contribution in [0.5, 0.6) is 5.75 Å². The zero-order valence-electron chi connectivity index (χ0n) is 35.0. The number of nitrogens with one attached hydrogen (secondary N) is 2. The Kier molecular flexibility index (Phi) is 19.4. The second-order valence-corrected chi connectivity index (χ2v) is 17.0. The summed E-state index contributed by atoms with van der Waals surface area (Å²) in [6.45, 7) is 5.52. The first kappa shape index (κ1) is 47.2. The molecule has 0 amide bonds. The Morgan fingerprint density at radius 1 is 1.00 bits per heavy atom. The van der Waals surface area contributed by atoms with E-state index in [1.165, 1.54) is 0 Å². The van der Waals surface area contributed by atoms with Crippen LogP contribution in [0.1, 0.15) is 121 Å². The molecule has 2 aliphatic rings. The number of aliphatic hydroxyl groups excluding tert-OH is 4. The monoisotopic (exact) mass is 803 g/mol. The Balaban J connectivity index is 1.83. The minimum Gasteiger partial charge on any atom is -0.508 e. The van der Waals surface area contributed by atoms with E-state index in [1.807, 2.05) is 30.4 Å². The molecule has 2 aliphatic heterocycles. The number of aryl methyl sites for hydroxylation is 1. The largest absolute Gasteiger partial charge is 0.508 e. The summed E-state index contributed by atoms with van der Waals surface area (Å²) < 4.78 is 0. The Morgan fingerprint density at radius 2 is 1.76 bits per heavy atom. The third kappa shape index (κ3) is 14.9. The summed E-state index contributed by atoms with van der Waals surface area (Å²) in [6.07, 6.45) is 11.1. The van der Waals surface area contributed by atoms with Gasteiger partial charge in [0, 0.05) is 55.6 Å². The molecule has 0 aromatic heterocycles. The molecule has 10 heteroatoms. The molecular formula is C48H70N2O8. The molecule has 0 aliphatic carbocycles. The van der Waals surface area contributed by atoms with E-state index in [-0.39, 0.29) is 55.5 Å². The SMILES string of the molecule is CCCCC[C@H](O)C=CC1=C(C[C@H](O)CO)[C@H](CCC[C@@H]2N[C@@H](C)CC[C@@H](CO)[C@@H]2CC(=O)O)N[C@@H]([C@@](C)(O)Cc2ccc(O)cc2)CC#Cc2ccccc2CC1. The third-order valence-corrected chi connectivity index (χ3v) is 12.2. The molecular weight excluding hydrogens is 733 g/mol. The van der Waals surface area contributed by atoms with Crippen LogP contribution in [-0.4, -0.2) is 96.9 Å². The standard InChI is InChI=1S/C48H70N2O8/c1-4-5-6-14-39(53)27-24-37-23-22-36-12-8-7-11-35(36)13-9-17-46(48(3,58)30-34-19-25-40(54)26-20-34)50-45(42(37)28-41(55)32-52)16-10-15-44-43(29-47(56)57)38(31-51)21-18-33(2)49-44/h7-8,11-12,19-20,24-27,33,38-39,41,43-46,49-55,58H,4-6,10,14-18,21-23,28-32H2,1-3H3,(H,56,57)/t33-,38-,39-,41-,43-,44-,45-,46+,48-/m0/s1. The zero-order valence-corrected chi connectivity index (χ0v) is 35.0. The number of aliphatic carboxylic acids is 1. The van der Waals surface area contributed by atoms with Crippen LogP contribution in [0.2, 0.25) is 0 Å². The van der Waals surface area contributed by atoms with Gasteiger partial charge in [-0.05, 0) is 118 Å². The van der Waals surface area contributed by atoms with Gasteiger partial charge in [-0.2, -0.15) is 0 Å². The molecule has 2 aromatic rings. The highest BCUT2D eigenvalue weighted by atomic mass is 16.4. The smallest absolute Gasteiger partial charge is 0.303 e. The Bertz CT molecular complexity index is 1680. The summed E-state index contributed by atoms with van der Waals surface area (Å²) in [5.41, 5.74) is 3.31. The normalized spacial score (nSPS) is 25.3. The molecule has 1 fully saturated rings. The van der Waals surface area contributed by atoms with Crippen LogP contribution in [0.3, 0.4) is 0 Å². The lowest BCUT2D eigenvalue weighted by Gasteiger charge is -2.38. The fourth-order valence-electron chi connectivity index (χ4n) is 8.84. The number of fused-ring (bicyclic) bond motifs is 1. The summed E-state index contributed by atoms with van der Waals surface area (Å²) in [6, 6.07) is 13.9. The predicted molar refractivity (Wildman–Crippen MR) is 229 cm³/mol. The molecule has 0 bridgehead atoms. The lowest BCUT2D eigenvalue weighted by molar-refractivity contribution is -0.139. The Labute approximate surface area is 346 Å². The minimum atomic E-state index is -1.32. The van der Waals surface area contributed by atoms with Crippen molar-refractivity contribution < 1.29 is 40.5 Å². The predicted octanol–water partition coefficient (Wildman–Crippen LogP) is 5.95. The molecule has 0 saturated carbocycles. The van der Waals surface area contributed by atoms with E-state index in [4.69, 9.17) is 0 Å². The van der Waals surface area contributed by atoms with Crippen LogP contribution in [0.15, 0.2) is 71.8 Å². The van der Waals surface area contributed by atoms with E-state index >= 15 is 0 Å². The van der Waals surface area contributed by atoms with Crippen molar-refractivity contribution in [2.24, 2.45) is 11.8 Å². The molecule has 1 saturated heterocycles. The van der Waals surface area contributed by atoms with Gasteiger partial charge in [0.05, 0.1) is 24.4 Å². The maximum Gasteiger partial charge on any atom is 0.303 e. The summed E-state index contributed by atoms with van der Waals surface area (Å²) in [7, 11) is 0. The average molecular weight is 803 g/mol. The zero-order chi connectivity index (χ0) is 42.1. The van der Waals surface area contributed by atoms with Gasteiger partial charge < -0.3 is 46.4 Å². The number of carboxylic acids is 1. The molecule has 4 rings (SSSR count). The second kappa shape index (κ2) is 23.9. The van der Waals surface area contributed by atoms with Crippen LogP contribution in [-0.2, 0) is 17.6 Å². The average Bonchev–Trinajstić information content (AvgIpc) is 3.33. The number of phenolic OH excluding ortho intramolecular Hbond substituents is 1. The van der Waals surface area contributed by atoms with Crippen molar-refractivity contribution in [2.75, 3.05) is 13.2 Å². The number of aliphatic hydroxyl groups is 5. The van der Waals surface area contributed by atoms with Gasteiger partial charge in [-0.25, -0.2) is 0 Å². The van der Waals surface area contributed by atoms with E-state index in [1.54, 1.807) is 31.2 Å². The first-order chi connectivity index (χ1) is 27.8. The van der Waals surface area contributed by atoms with E-state index in [0.717, 1.165) is 59.9 Å². The quantitative estimate of drug-likeness (QED) is 0.0609. The first-order valence-electron chi connectivity index (χ1n) is 21.6. The third-order valence-electron chi connectivity index (χ3n) is 12.2. The number of phenols is 1. The van der Waals surface area contributed by atoms with E-state index in [2.05, 4.69) is 42.4 Å². The van der Waals surface area contributed by atoms with E-state index in [9.17, 15) is 40.5 Å². The van der Waals surface area contributed by atoms with Crippen LogP contribution >= 0.6 is 0 Å². The van der Waals surface area contributed by atoms with Crippen LogP contribution in [0.25, 0.3) is 0 Å². The molecule has 2 heterocycles. The topological polar surface area (TPSA) is 183 Å². The lowest BCUT2D eigenvalue weighted by Crippen LogP contribution is -2.54. The molecule has 9 atom stereocenters. The van der Waals surface area contributed by atoms with Gasteiger partial charge in [0.1, 0.15) is 5.75 Å². The number of benzene rings is 2. The Hall–Kier alpha value is -3.53. The molecule has 10 nitrogen and oxygen atoms in total.